The maximum absolute atomic E-state index is 11.9. The summed E-state index contributed by atoms with van der Waals surface area (Å²) in [6, 6.07) is 5.39. The molecule has 0 spiro atoms. The minimum absolute atomic E-state index is 0.0941. The number of carbonyl (C=O) groups excluding carboxylic acids is 1. The molecule has 0 saturated carbocycles. The fraction of sp³-hybridized carbons (Fsp3) is 0.417. The molecule has 0 aliphatic heterocycles. The molecule has 4 heteroatoms. The number of nitrogens with zero attached hydrogens (tertiary/aromatic N) is 1. The zero-order valence-electron chi connectivity index (χ0n) is 9.66. The SMILES string of the molecule is CN(C)c1c(Cl)cccc1C(=O)CCCN. The molecule has 0 radical (unpaired) electrons. The molecule has 0 fully saturated rings. The summed E-state index contributed by atoms with van der Waals surface area (Å²) in [5, 5.41) is 0.601. The van der Waals surface area contributed by atoms with E-state index >= 15 is 0 Å². The number of benzene rings is 1. The fourth-order valence-corrected chi connectivity index (χ4v) is 1.94. The molecular formula is C12H17ClN2O. The molecule has 16 heavy (non-hydrogen) atoms. The predicted molar refractivity (Wildman–Crippen MR) is 68.4 cm³/mol. The van der Waals surface area contributed by atoms with Crippen LogP contribution >= 0.6 is 11.6 Å². The third-order valence-electron chi connectivity index (χ3n) is 2.34. The van der Waals surface area contributed by atoms with Crippen molar-refractivity contribution in [2.45, 2.75) is 12.8 Å². The van der Waals surface area contributed by atoms with Gasteiger partial charge in [-0.1, -0.05) is 17.7 Å². The topological polar surface area (TPSA) is 46.3 Å². The monoisotopic (exact) mass is 240 g/mol. The van der Waals surface area contributed by atoms with Gasteiger partial charge in [-0.2, -0.15) is 0 Å². The third-order valence-corrected chi connectivity index (χ3v) is 2.65. The van der Waals surface area contributed by atoms with Gasteiger partial charge in [0.2, 0.25) is 0 Å². The molecule has 0 saturated heterocycles. The van der Waals surface area contributed by atoms with Gasteiger partial charge in [-0.15, -0.1) is 0 Å². The Morgan fingerprint density at radius 1 is 1.44 bits per heavy atom. The summed E-state index contributed by atoms with van der Waals surface area (Å²) in [4.78, 5) is 13.8. The van der Waals surface area contributed by atoms with E-state index in [1.54, 1.807) is 18.2 Å². The van der Waals surface area contributed by atoms with Crippen molar-refractivity contribution in [2.75, 3.05) is 25.5 Å². The number of halogens is 1. The lowest BCUT2D eigenvalue weighted by atomic mass is 10.0. The van der Waals surface area contributed by atoms with Gasteiger partial charge >= 0.3 is 0 Å². The van der Waals surface area contributed by atoms with E-state index in [1.165, 1.54) is 0 Å². The van der Waals surface area contributed by atoms with Crippen molar-refractivity contribution in [3.8, 4) is 0 Å². The standard InChI is InChI=1S/C12H17ClN2O/c1-15(2)12-9(5-3-6-10(12)13)11(16)7-4-8-14/h3,5-6H,4,7-8,14H2,1-2H3. The van der Waals surface area contributed by atoms with Crippen LogP contribution in [0.4, 0.5) is 5.69 Å². The Labute approximate surface area is 101 Å². The van der Waals surface area contributed by atoms with Crippen LogP contribution in [0.15, 0.2) is 18.2 Å². The van der Waals surface area contributed by atoms with Crippen LogP contribution in [0.1, 0.15) is 23.2 Å². The Bertz CT molecular complexity index is 377. The summed E-state index contributed by atoms with van der Waals surface area (Å²) in [6.07, 6.45) is 1.18. The number of anilines is 1. The quantitative estimate of drug-likeness (QED) is 0.804. The molecule has 1 aromatic rings. The second-order valence-corrected chi connectivity index (χ2v) is 4.25. The lowest BCUT2D eigenvalue weighted by molar-refractivity contribution is 0.0981. The van der Waals surface area contributed by atoms with Gasteiger partial charge < -0.3 is 10.6 Å². The number of carbonyl (C=O) groups is 1. The van der Waals surface area contributed by atoms with E-state index in [2.05, 4.69) is 0 Å². The van der Waals surface area contributed by atoms with Gasteiger partial charge in [-0.05, 0) is 25.1 Å². The third kappa shape index (κ3) is 2.97. The summed E-state index contributed by atoms with van der Waals surface area (Å²) in [5.41, 5.74) is 6.85. The van der Waals surface area contributed by atoms with Crippen molar-refractivity contribution in [3.63, 3.8) is 0 Å². The van der Waals surface area contributed by atoms with E-state index in [0.29, 0.717) is 30.0 Å². The maximum Gasteiger partial charge on any atom is 0.165 e. The summed E-state index contributed by atoms with van der Waals surface area (Å²) >= 11 is 6.08. The van der Waals surface area contributed by atoms with Crippen molar-refractivity contribution < 1.29 is 4.79 Å². The minimum Gasteiger partial charge on any atom is -0.376 e. The van der Waals surface area contributed by atoms with Crippen LogP contribution in [0.2, 0.25) is 5.02 Å². The molecule has 1 aromatic carbocycles. The van der Waals surface area contributed by atoms with Gasteiger partial charge in [0, 0.05) is 26.1 Å². The zero-order valence-corrected chi connectivity index (χ0v) is 10.4. The first-order valence-corrected chi connectivity index (χ1v) is 5.64. The molecule has 2 N–H and O–H groups in total. The van der Waals surface area contributed by atoms with Crippen LogP contribution in [0, 0.1) is 0 Å². The van der Waals surface area contributed by atoms with E-state index in [0.717, 1.165) is 5.69 Å². The van der Waals surface area contributed by atoms with Gasteiger partial charge in [-0.3, -0.25) is 4.79 Å². The molecule has 0 unspecified atom stereocenters. The Hall–Kier alpha value is -1.06. The lowest BCUT2D eigenvalue weighted by Crippen LogP contribution is -2.15. The van der Waals surface area contributed by atoms with Crippen LogP contribution in [0.5, 0.6) is 0 Å². The van der Waals surface area contributed by atoms with E-state index < -0.39 is 0 Å². The molecule has 0 aliphatic carbocycles. The first-order valence-electron chi connectivity index (χ1n) is 5.27. The molecule has 0 bridgehead atoms. The molecular weight excluding hydrogens is 224 g/mol. The first-order chi connectivity index (χ1) is 7.57. The number of hydrogen-bond acceptors (Lipinski definition) is 3. The van der Waals surface area contributed by atoms with Crippen molar-refractivity contribution >= 4 is 23.1 Å². The summed E-state index contributed by atoms with van der Waals surface area (Å²) in [5.74, 6) is 0.0941. The number of nitrogens with two attached hydrogens (primary N) is 1. The van der Waals surface area contributed by atoms with Crippen molar-refractivity contribution in [1.82, 2.24) is 0 Å². The van der Waals surface area contributed by atoms with Crippen LogP contribution < -0.4 is 10.6 Å². The van der Waals surface area contributed by atoms with Gasteiger partial charge in [0.05, 0.1) is 10.7 Å². The highest BCUT2D eigenvalue weighted by Crippen LogP contribution is 2.29. The smallest absolute Gasteiger partial charge is 0.165 e. The average Bonchev–Trinajstić information content (AvgIpc) is 2.24. The Morgan fingerprint density at radius 2 is 2.12 bits per heavy atom. The van der Waals surface area contributed by atoms with Crippen molar-refractivity contribution in [2.24, 2.45) is 5.73 Å². The number of rotatable bonds is 5. The Morgan fingerprint density at radius 3 is 2.69 bits per heavy atom. The molecule has 0 heterocycles. The first kappa shape index (κ1) is 13.0. The minimum atomic E-state index is 0.0941. The molecule has 0 atom stereocenters. The summed E-state index contributed by atoms with van der Waals surface area (Å²) in [6.45, 7) is 0.531. The second kappa shape index (κ2) is 5.87. The molecule has 0 amide bonds. The van der Waals surface area contributed by atoms with Gasteiger partial charge in [0.25, 0.3) is 0 Å². The van der Waals surface area contributed by atoms with Gasteiger partial charge in [-0.25, -0.2) is 0 Å². The summed E-state index contributed by atoms with van der Waals surface area (Å²) < 4.78 is 0. The van der Waals surface area contributed by atoms with Crippen molar-refractivity contribution in [3.05, 3.63) is 28.8 Å². The fourth-order valence-electron chi connectivity index (χ4n) is 1.59. The number of ketones is 1. The van der Waals surface area contributed by atoms with Crippen LogP contribution in [-0.2, 0) is 0 Å². The predicted octanol–water partition coefficient (Wildman–Crippen LogP) is 2.33. The number of hydrogen-bond donors (Lipinski definition) is 1. The molecule has 0 aliphatic rings. The molecule has 88 valence electrons. The van der Waals surface area contributed by atoms with E-state index in [9.17, 15) is 4.79 Å². The van der Waals surface area contributed by atoms with E-state index in [1.807, 2.05) is 19.0 Å². The van der Waals surface area contributed by atoms with E-state index in [-0.39, 0.29) is 5.78 Å². The van der Waals surface area contributed by atoms with Gasteiger partial charge in [0.1, 0.15) is 0 Å². The lowest BCUT2D eigenvalue weighted by Gasteiger charge is -2.18. The van der Waals surface area contributed by atoms with Gasteiger partial charge in [0.15, 0.2) is 5.78 Å². The zero-order chi connectivity index (χ0) is 12.1. The normalized spacial score (nSPS) is 10.2. The molecule has 0 aromatic heterocycles. The number of Topliss-reactive ketones (excluding diaryl/α,β-unsaturated/α-hetero) is 1. The molecule has 3 nitrogen and oxygen atoms in total. The Balaban J connectivity index is 3.03. The highest BCUT2D eigenvalue weighted by Gasteiger charge is 2.14. The largest absolute Gasteiger partial charge is 0.376 e. The highest BCUT2D eigenvalue weighted by atomic mass is 35.5. The van der Waals surface area contributed by atoms with Crippen LogP contribution in [0.3, 0.4) is 0 Å². The Kier molecular flexibility index (Phi) is 4.77. The molecule has 1 rings (SSSR count). The average molecular weight is 241 g/mol. The highest BCUT2D eigenvalue weighted by molar-refractivity contribution is 6.34. The van der Waals surface area contributed by atoms with Crippen molar-refractivity contribution in [1.29, 1.82) is 0 Å². The van der Waals surface area contributed by atoms with E-state index in [4.69, 9.17) is 17.3 Å². The maximum atomic E-state index is 11.9. The number of para-hydroxylation sites is 1. The second-order valence-electron chi connectivity index (χ2n) is 3.85. The summed E-state index contributed by atoms with van der Waals surface area (Å²) in [7, 11) is 3.75. The van der Waals surface area contributed by atoms with Crippen LogP contribution in [0.25, 0.3) is 0 Å². The van der Waals surface area contributed by atoms with Crippen LogP contribution in [-0.4, -0.2) is 26.4 Å².